The Bertz CT molecular complexity index is 4310. The number of fused-ring (bicyclic) bond motifs is 7. The van der Waals surface area contributed by atoms with Gasteiger partial charge < -0.3 is 4.90 Å². The number of hydrogen-bond acceptors (Lipinski definition) is 2. The maximum Gasteiger partial charge on any atom is 0.117 e. The van der Waals surface area contributed by atoms with Crippen LogP contribution in [0, 0.1) is 0 Å². The monoisotopic (exact) mass is 939 g/mol. The molecule has 0 amide bonds. The average Bonchev–Trinajstić information content (AvgIpc) is 3.76. The molecule has 1 heterocycles. The molecule has 78 heavy (non-hydrogen) atoms. The second kappa shape index (κ2) is 19.2. The molecule has 54 radical (unpaired) electrons. The van der Waals surface area contributed by atoms with Gasteiger partial charge in [-0.15, -0.1) is 49.6 Å². The van der Waals surface area contributed by atoms with Crippen molar-refractivity contribution in [2.75, 3.05) is 4.90 Å². The van der Waals surface area contributed by atoms with Gasteiger partial charge in [-0.1, -0.05) is 129 Å². The largest absolute Gasteiger partial charge is 0.314 e. The Morgan fingerprint density at radius 2 is 0.667 bits per heavy atom. The molecule has 1 nitrogen and oxygen atoms in total. The quantitative estimate of drug-likeness (QED) is 0.155. The molecular formula is C49H8B27NS. The highest BCUT2D eigenvalue weighted by atomic mass is 32.1. The van der Waals surface area contributed by atoms with Crippen LogP contribution in [0.15, 0.2) is 12.1 Å². The molecule has 296 valence electrons. The predicted molar refractivity (Wildman–Crippen MR) is 365 cm³/mol. The zero-order chi connectivity index (χ0) is 57.6. The maximum atomic E-state index is 7.46. The molecule has 9 aromatic rings. The zero-order valence-electron chi connectivity index (χ0n) is 42.1. The minimum atomic E-state index is -1.13. The summed E-state index contributed by atoms with van der Waals surface area (Å²) in [6.45, 7) is 3.66. The van der Waals surface area contributed by atoms with Crippen LogP contribution in [-0.2, 0) is 5.41 Å². The second-order valence-electron chi connectivity index (χ2n) is 19.9. The minimum Gasteiger partial charge on any atom is -0.314 e. The summed E-state index contributed by atoms with van der Waals surface area (Å²) in [7, 11) is 184. The summed E-state index contributed by atoms with van der Waals surface area (Å²) in [5, 5.41) is 0.863. The fraction of sp³-hybridized carbons (Fsp3) is 0.0612. The van der Waals surface area contributed by atoms with Crippen molar-refractivity contribution in [3.63, 3.8) is 0 Å². The molecule has 0 unspecified atom stereocenters. The fourth-order valence-electron chi connectivity index (χ4n) is 11.4. The predicted octanol–water partition coefficient (Wildman–Crippen LogP) is -18.2. The normalized spacial score (nSPS) is 12.7. The number of thiophene rings is 1. The van der Waals surface area contributed by atoms with E-state index in [1.54, 1.807) is 6.07 Å². The van der Waals surface area contributed by atoms with Crippen molar-refractivity contribution >= 4 is 419 Å². The molecule has 0 spiro atoms. The van der Waals surface area contributed by atoms with Crippen LogP contribution in [0.4, 0.5) is 17.1 Å². The van der Waals surface area contributed by atoms with Crippen LogP contribution in [0.5, 0.6) is 0 Å². The Morgan fingerprint density at radius 1 is 0.282 bits per heavy atom. The Balaban J connectivity index is 1.33. The van der Waals surface area contributed by atoms with E-state index in [4.69, 9.17) is 212 Å². The first-order valence-corrected chi connectivity index (χ1v) is 24.1. The molecule has 0 saturated carbocycles. The van der Waals surface area contributed by atoms with E-state index in [9.17, 15) is 0 Å². The zero-order valence-corrected chi connectivity index (χ0v) is 42.9. The molecule has 0 bridgehead atoms. The van der Waals surface area contributed by atoms with Crippen LogP contribution in [0.1, 0.15) is 25.0 Å². The highest BCUT2D eigenvalue weighted by molar-refractivity contribution is 7.28. The van der Waals surface area contributed by atoms with Gasteiger partial charge in [0.2, 0.25) is 0 Å². The molecule has 8 aromatic carbocycles. The Morgan fingerprint density at radius 3 is 1.24 bits per heavy atom. The maximum absolute atomic E-state index is 7.46. The van der Waals surface area contributed by atoms with Crippen LogP contribution in [0.25, 0.3) is 64.3 Å². The van der Waals surface area contributed by atoms with E-state index in [0.717, 1.165) is 0 Å². The van der Waals surface area contributed by atoms with Gasteiger partial charge in [-0.25, -0.2) is 0 Å². The number of nitrogens with zero attached hydrogens (tertiary/aromatic N) is 1. The minimum absolute atomic E-state index is 0.00401. The number of anilines is 3. The van der Waals surface area contributed by atoms with Crippen molar-refractivity contribution in [3.8, 4) is 33.4 Å². The van der Waals surface area contributed by atoms with Crippen LogP contribution in [0.2, 0.25) is 0 Å². The Hall–Kier alpha value is -4.21. The first-order valence-electron chi connectivity index (χ1n) is 23.3. The van der Waals surface area contributed by atoms with Crippen LogP contribution in [0.3, 0.4) is 0 Å². The van der Waals surface area contributed by atoms with Gasteiger partial charge in [0.15, 0.2) is 0 Å². The van der Waals surface area contributed by atoms with Gasteiger partial charge in [-0.2, -0.15) is 0 Å². The Kier molecular flexibility index (Phi) is 14.0. The van der Waals surface area contributed by atoms with Crippen molar-refractivity contribution in [2.45, 2.75) is 19.3 Å². The van der Waals surface area contributed by atoms with Gasteiger partial charge in [-0.3, -0.25) is 0 Å². The lowest BCUT2D eigenvalue weighted by Gasteiger charge is -2.39. The lowest BCUT2D eigenvalue weighted by molar-refractivity contribution is 0.669. The van der Waals surface area contributed by atoms with E-state index in [0.29, 0.717) is 42.4 Å². The summed E-state index contributed by atoms with van der Waals surface area (Å²) in [6.07, 6.45) is 0. The molecule has 0 fully saturated rings. The van der Waals surface area contributed by atoms with Crippen LogP contribution >= 0.6 is 11.3 Å². The summed E-state index contributed by atoms with van der Waals surface area (Å²) in [5.74, 6) is 0. The summed E-state index contributed by atoms with van der Waals surface area (Å²) < 4.78 is 1.03. The molecule has 1 aliphatic rings. The number of benzene rings is 8. The third kappa shape index (κ3) is 7.45. The van der Waals surface area contributed by atoms with Crippen molar-refractivity contribution in [1.29, 1.82) is 0 Å². The van der Waals surface area contributed by atoms with Gasteiger partial charge in [0.25, 0.3) is 0 Å². The molecule has 0 saturated heterocycles. The molecule has 0 aliphatic heterocycles. The second-order valence-corrected chi connectivity index (χ2v) is 20.9. The lowest BCUT2D eigenvalue weighted by atomic mass is 9.57. The van der Waals surface area contributed by atoms with Gasteiger partial charge in [0.05, 0.1) is 0 Å². The molecule has 1 aromatic heterocycles. The standard InChI is InChI=1S/C49H8B27NS/c1-49(2)18-11(25(57)35(67)39(71)33(18)65)12-19(49)34(66)46(42(74)26(12)58)77(8-4-6(50)10(24(56)21(8)53)13-28(60)36(68)40(72)37(69)29(13)61)45-32(64)15-14(30(62)43(45)75)22(54)9(23(55)27(15)59)5-3-7(51)47-16(20(5)52)17-31(63)38(70)41(73)44(76)48(17)78-47/h3-4H,1-2H3. The lowest BCUT2D eigenvalue weighted by Crippen LogP contribution is -2.56. The average molecular weight is 935 g/mol. The molecule has 0 N–H and O–H groups in total. The van der Waals surface area contributed by atoms with E-state index in [1.165, 1.54) is 22.3 Å². The van der Waals surface area contributed by atoms with Crippen molar-refractivity contribution < 1.29 is 0 Å². The number of rotatable bonds is 5. The van der Waals surface area contributed by atoms with E-state index < -0.39 is 5.41 Å². The molecular weight excluding hydrogens is 927 g/mol. The topological polar surface area (TPSA) is 3.24 Å². The van der Waals surface area contributed by atoms with Gasteiger partial charge in [0.1, 0.15) is 212 Å². The summed E-state index contributed by atoms with van der Waals surface area (Å²) in [5.41, 5.74) is -0.506. The first-order chi connectivity index (χ1) is 36.3. The molecule has 1 aliphatic carbocycles. The van der Waals surface area contributed by atoms with Crippen molar-refractivity contribution in [3.05, 3.63) is 23.3 Å². The van der Waals surface area contributed by atoms with Gasteiger partial charge in [-0.05, 0) is 72.1 Å². The first kappa shape index (κ1) is 57.0. The van der Waals surface area contributed by atoms with E-state index in [1.807, 2.05) is 13.8 Å². The smallest absolute Gasteiger partial charge is 0.117 e. The fourth-order valence-corrected chi connectivity index (χ4v) is 12.6. The summed E-state index contributed by atoms with van der Waals surface area (Å²) >= 11 is 1.22. The highest BCUT2D eigenvalue weighted by Gasteiger charge is 2.42. The van der Waals surface area contributed by atoms with E-state index >= 15 is 0 Å². The summed E-state index contributed by atoms with van der Waals surface area (Å²) in [6, 6.07) is 2.97. The number of hydrogen-bond donors (Lipinski definition) is 0. The Labute approximate surface area is 495 Å². The van der Waals surface area contributed by atoms with Gasteiger partial charge in [0, 0.05) is 31.9 Å². The SMILES string of the molecule is [B]c1cc(N(c2c([B])c([B])c3c(c2[B])C(C)(C)c2c([B])c([B])c([B])c([B])c2-3)c2c([B])c([B])c3c([B])c(-c4cc([B])c5sc6c([B])c([B])c([B])c([B])c6c5c4[B])c([B])c([B])c3c2[B])c([B])c([B])c1-c1c([B])c([B])c([B])c([B])c1[B]. The molecule has 10 rings (SSSR count). The van der Waals surface area contributed by atoms with Crippen molar-refractivity contribution in [1.82, 2.24) is 0 Å². The summed E-state index contributed by atoms with van der Waals surface area (Å²) in [4.78, 5) is 1.38. The molecule has 29 heteroatoms. The van der Waals surface area contributed by atoms with Crippen molar-refractivity contribution in [2.24, 2.45) is 0 Å². The van der Waals surface area contributed by atoms with Gasteiger partial charge >= 0.3 is 0 Å². The van der Waals surface area contributed by atoms with E-state index in [2.05, 4.69) is 0 Å². The van der Waals surface area contributed by atoms with Crippen LogP contribution < -0.4 is 152 Å². The molecule has 0 atom stereocenters. The highest BCUT2D eigenvalue weighted by Crippen LogP contribution is 2.46. The van der Waals surface area contributed by atoms with Crippen LogP contribution in [-0.4, -0.2) is 212 Å². The van der Waals surface area contributed by atoms with E-state index in [-0.39, 0.29) is 198 Å². The third-order valence-corrected chi connectivity index (χ3v) is 16.7. The third-order valence-electron chi connectivity index (χ3n) is 15.4.